The van der Waals surface area contributed by atoms with Crippen molar-refractivity contribution in [2.75, 3.05) is 0 Å². The third-order valence-corrected chi connectivity index (χ3v) is 4.75. The molecular formula is C24H28N2O5. The molecular weight excluding hydrogens is 396 g/mol. The number of aliphatic carboxylic acids is 1. The normalized spacial score (nSPS) is 12.4. The van der Waals surface area contributed by atoms with Gasteiger partial charge in [0.2, 0.25) is 5.88 Å². The molecule has 7 nitrogen and oxygen atoms in total. The third-order valence-electron chi connectivity index (χ3n) is 4.75. The molecule has 7 heteroatoms. The molecule has 0 fully saturated rings. The van der Waals surface area contributed by atoms with Gasteiger partial charge in [-0.1, -0.05) is 30.3 Å². The molecule has 2 aromatic carbocycles. The number of fused-ring (bicyclic) bond motifs is 1. The van der Waals surface area contributed by atoms with Crippen LogP contribution in [0, 0.1) is 6.92 Å². The van der Waals surface area contributed by atoms with Gasteiger partial charge >= 0.3 is 12.1 Å². The number of amides is 1. The molecule has 3 rings (SSSR count). The van der Waals surface area contributed by atoms with Crippen LogP contribution >= 0.6 is 0 Å². The van der Waals surface area contributed by atoms with Gasteiger partial charge in [0.15, 0.2) is 0 Å². The number of benzene rings is 2. The summed E-state index contributed by atoms with van der Waals surface area (Å²) in [5.41, 5.74) is 1.92. The number of carbonyl (C=O) groups excluding carboxylic acids is 1. The van der Waals surface area contributed by atoms with E-state index in [1.807, 2.05) is 67.1 Å². The number of carbonyl (C=O) groups is 2. The second-order valence-corrected chi connectivity index (χ2v) is 8.52. The highest BCUT2D eigenvalue weighted by Gasteiger charge is 2.28. The summed E-state index contributed by atoms with van der Waals surface area (Å²) < 4.78 is 13.3. The highest BCUT2D eigenvalue weighted by atomic mass is 16.6. The Morgan fingerprint density at radius 2 is 1.84 bits per heavy atom. The van der Waals surface area contributed by atoms with Crippen LogP contribution in [-0.2, 0) is 23.0 Å². The van der Waals surface area contributed by atoms with Gasteiger partial charge in [-0.25, -0.2) is 9.59 Å². The van der Waals surface area contributed by atoms with Gasteiger partial charge in [-0.2, -0.15) is 0 Å². The van der Waals surface area contributed by atoms with Gasteiger partial charge in [0.05, 0.1) is 5.52 Å². The number of nitrogens with zero attached hydrogens (tertiary/aromatic N) is 1. The van der Waals surface area contributed by atoms with E-state index in [2.05, 4.69) is 5.32 Å². The number of hydrogen-bond acceptors (Lipinski definition) is 4. The maximum absolute atomic E-state index is 12.2. The first-order chi connectivity index (χ1) is 14.5. The molecule has 0 aliphatic rings. The van der Waals surface area contributed by atoms with Crippen LogP contribution in [0.4, 0.5) is 4.79 Å². The molecule has 1 heterocycles. The lowest BCUT2D eigenvalue weighted by Gasteiger charge is -2.22. The van der Waals surface area contributed by atoms with E-state index in [-0.39, 0.29) is 6.42 Å². The first kappa shape index (κ1) is 22.2. The van der Waals surface area contributed by atoms with Crippen LogP contribution < -0.4 is 10.1 Å². The van der Waals surface area contributed by atoms with Crippen LogP contribution in [0.25, 0.3) is 10.9 Å². The summed E-state index contributed by atoms with van der Waals surface area (Å²) in [5.74, 6) is 0.0310. The van der Waals surface area contributed by atoms with Crippen LogP contribution in [0.2, 0.25) is 0 Å². The molecule has 1 aromatic heterocycles. The van der Waals surface area contributed by atoms with Crippen molar-refractivity contribution in [2.24, 2.45) is 7.05 Å². The minimum absolute atomic E-state index is 0.0388. The minimum atomic E-state index is -1.18. The summed E-state index contributed by atoms with van der Waals surface area (Å²) in [6, 6.07) is 14.1. The molecule has 2 N–H and O–H groups in total. The van der Waals surface area contributed by atoms with Gasteiger partial charge in [0, 0.05) is 24.4 Å². The quantitative estimate of drug-likeness (QED) is 0.593. The Morgan fingerprint density at radius 1 is 1.13 bits per heavy atom. The Balaban J connectivity index is 1.99. The zero-order valence-electron chi connectivity index (χ0n) is 18.4. The topological polar surface area (TPSA) is 89.8 Å². The van der Waals surface area contributed by atoms with Gasteiger partial charge < -0.3 is 24.5 Å². The van der Waals surface area contributed by atoms with Gasteiger partial charge in [-0.15, -0.1) is 0 Å². The maximum Gasteiger partial charge on any atom is 0.408 e. The van der Waals surface area contributed by atoms with Crippen molar-refractivity contribution in [1.29, 1.82) is 0 Å². The summed E-state index contributed by atoms with van der Waals surface area (Å²) in [6.45, 7) is 7.14. The van der Waals surface area contributed by atoms with E-state index < -0.39 is 23.7 Å². The fourth-order valence-corrected chi connectivity index (χ4v) is 3.42. The number of aromatic nitrogens is 1. The number of carboxylic acid groups (broad SMARTS) is 1. The highest BCUT2D eigenvalue weighted by Crippen LogP contribution is 2.35. The second kappa shape index (κ2) is 8.71. The van der Waals surface area contributed by atoms with Gasteiger partial charge in [0.1, 0.15) is 17.4 Å². The largest absolute Gasteiger partial charge is 0.480 e. The number of hydrogen-bond donors (Lipinski definition) is 2. The average Bonchev–Trinajstić information content (AvgIpc) is 2.92. The highest BCUT2D eigenvalue weighted by molar-refractivity contribution is 5.88. The average molecular weight is 424 g/mol. The number of alkyl carbamates (subject to hydrolysis) is 1. The van der Waals surface area contributed by atoms with E-state index in [0.717, 1.165) is 16.5 Å². The zero-order valence-corrected chi connectivity index (χ0v) is 18.4. The van der Waals surface area contributed by atoms with Crippen molar-refractivity contribution < 1.29 is 24.2 Å². The molecule has 1 amide bonds. The van der Waals surface area contributed by atoms with Gasteiger partial charge in [-0.3, -0.25) is 0 Å². The molecule has 0 saturated heterocycles. The molecule has 0 aliphatic heterocycles. The SMILES string of the molecule is Cc1cccc(Oc2c(CC(NC(=O)OC(C)(C)C)C(=O)O)c3ccccc3n2C)c1. The molecule has 0 spiro atoms. The lowest BCUT2D eigenvalue weighted by Crippen LogP contribution is -2.44. The summed E-state index contributed by atoms with van der Waals surface area (Å²) in [4.78, 5) is 24.2. The van der Waals surface area contributed by atoms with E-state index in [1.54, 1.807) is 20.8 Å². The second-order valence-electron chi connectivity index (χ2n) is 8.52. The Labute approximate surface area is 181 Å². The van der Waals surface area contributed by atoms with E-state index in [1.165, 1.54) is 0 Å². The van der Waals surface area contributed by atoms with E-state index in [9.17, 15) is 14.7 Å². The predicted octanol–water partition coefficient (Wildman–Crippen LogP) is 4.80. The monoisotopic (exact) mass is 424 g/mol. The van der Waals surface area contributed by atoms with Crippen LogP contribution in [0.15, 0.2) is 48.5 Å². The minimum Gasteiger partial charge on any atom is -0.480 e. The van der Waals surface area contributed by atoms with Gasteiger partial charge in [-0.05, 0) is 51.5 Å². The standard InChI is InChI=1S/C24H28N2O5/c1-15-9-8-10-16(13-15)30-21-18(17-11-6-7-12-20(17)26(21)5)14-19(22(27)28)25-23(29)31-24(2,3)4/h6-13,19H,14H2,1-5H3,(H,25,29)(H,27,28). The van der Waals surface area contributed by atoms with E-state index >= 15 is 0 Å². The lowest BCUT2D eigenvalue weighted by atomic mass is 10.0. The number of ether oxygens (including phenoxy) is 2. The number of aryl methyl sites for hydroxylation is 2. The molecule has 0 radical (unpaired) electrons. The maximum atomic E-state index is 12.2. The molecule has 164 valence electrons. The molecule has 0 aliphatic carbocycles. The van der Waals surface area contributed by atoms with Crippen molar-refractivity contribution >= 4 is 23.0 Å². The molecule has 0 bridgehead atoms. The summed E-state index contributed by atoms with van der Waals surface area (Å²) in [5, 5.41) is 13.1. The first-order valence-corrected chi connectivity index (χ1v) is 10.1. The van der Waals surface area contributed by atoms with Crippen LogP contribution in [0.5, 0.6) is 11.6 Å². The summed E-state index contributed by atoms with van der Waals surface area (Å²) in [6.07, 6.45) is -0.738. The van der Waals surface area contributed by atoms with Gasteiger partial charge in [0.25, 0.3) is 0 Å². The van der Waals surface area contributed by atoms with Crippen molar-refractivity contribution in [3.05, 3.63) is 59.7 Å². The van der Waals surface area contributed by atoms with Crippen molar-refractivity contribution in [3.63, 3.8) is 0 Å². The lowest BCUT2D eigenvalue weighted by molar-refractivity contribution is -0.139. The summed E-state index contributed by atoms with van der Waals surface area (Å²) >= 11 is 0. The van der Waals surface area contributed by atoms with Crippen LogP contribution in [0.1, 0.15) is 31.9 Å². The fraction of sp³-hybridized carbons (Fsp3) is 0.333. The Kier molecular flexibility index (Phi) is 6.24. The fourth-order valence-electron chi connectivity index (χ4n) is 3.42. The van der Waals surface area contributed by atoms with E-state index in [4.69, 9.17) is 9.47 Å². The Bertz CT molecular complexity index is 1110. The number of para-hydroxylation sites is 1. The number of carboxylic acids is 1. The summed E-state index contributed by atoms with van der Waals surface area (Å²) in [7, 11) is 1.87. The molecule has 1 atom stereocenters. The van der Waals surface area contributed by atoms with Crippen LogP contribution in [0.3, 0.4) is 0 Å². The molecule has 1 unspecified atom stereocenters. The third kappa shape index (κ3) is 5.36. The first-order valence-electron chi connectivity index (χ1n) is 10.1. The van der Waals surface area contributed by atoms with E-state index in [0.29, 0.717) is 17.2 Å². The molecule has 0 saturated carbocycles. The van der Waals surface area contributed by atoms with Crippen molar-refractivity contribution in [3.8, 4) is 11.6 Å². The zero-order chi connectivity index (χ0) is 22.8. The smallest absolute Gasteiger partial charge is 0.408 e. The predicted molar refractivity (Wildman–Crippen MR) is 119 cm³/mol. The Morgan fingerprint density at radius 3 is 2.48 bits per heavy atom. The van der Waals surface area contributed by atoms with Crippen molar-refractivity contribution in [2.45, 2.75) is 45.8 Å². The Hall–Kier alpha value is -3.48. The van der Waals surface area contributed by atoms with Crippen molar-refractivity contribution in [1.82, 2.24) is 9.88 Å². The molecule has 31 heavy (non-hydrogen) atoms. The number of nitrogens with one attached hydrogen (secondary N) is 1. The number of rotatable bonds is 6. The molecule has 3 aromatic rings. The van der Waals surface area contributed by atoms with Crippen LogP contribution in [-0.4, -0.2) is 33.4 Å².